The van der Waals surface area contributed by atoms with Crippen molar-refractivity contribution in [2.45, 2.75) is 18.9 Å². The van der Waals surface area contributed by atoms with E-state index in [2.05, 4.69) is 25.9 Å². The van der Waals surface area contributed by atoms with E-state index >= 15 is 0 Å². The van der Waals surface area contributed by atoms with Gasteiger partial charge in [-0.25, -0.2) is 9.97 Å². The average molecular weight is 362 g/mol. The molecule has 1 aliphatic rings. The van der Waals surface area contributed by atoms with Gasteiger partial charge in [0, 0.05) is 29.0 Å². The van der Waals surface area contributed by atoms with Crippen LogP contribution in [-0.2, 0) is 0 Å². The fourth-order valence-electron chi connectivity index (χ4n) is 2.52. The van der Waals surface area contributed by atoms with Crippen LogP contribution >= 0.6 is 15.9 Å². The predicted octanol–water partition coefficient (Wildman–Crippen LogP) is 2.92. The highest BCUT2D eigenvalue weighted by molar-refractivity contribution is 9.10. The third-order valence-electron chi connectivity index (χ3n) is 3.55. The number of nitrogens with zero attached hydrogens (tertiary/aromatic N) is 3. The van der Waals surface area contributed by atoms with Gasteiger partial charge in [-0.05, 0) is 37.1 Å². The molecule has 2 aromatic rings. The van der Waals surface area contributed by atoms with Gasteiger partial charge in [-0.3, -0.25) is 4.79 Å². The molecule has 0 N–H and O–H groups in total. The molecule has 1 atom stereocenters. The molecule has 1 amide bonds. The minimum atomic E-state index is -0.0627. The molecule has 6 heteroatoms. The Hall–Kier alpha value is -1.95. The highest BCUT2D eigenvalue weighted by atomic mass is 79.9. The summed E-state index contributed by atoms with van der Waals surface area (Å²) < 4.78 is 6.67. The average Bonchev–Trinajstić information content (AvgIpc) is 2.55. The molecule has 114 valence electrons. The van der Waals surface area contributed by atoms with Crippen molar-refractivity contribution < 1.29 is 9.53 Å². The Morgan fingerprint density at radius 1 is 1.27 bits per heavy atom. The molecule has 1 fully saturated rings. The maximum absolute atomic E-state index is 12.6. The number of ether oxygens (including phenoxy) is 1. The van der Waals surface area contributed by atoms with E-state index in [1.165, 1.54) is 0 Å². The Morgan fingerprint density at radius 3 is 2.86 bits per heavy atom. The van der Waals surface area contributed by atoms with Crippen LogP contribution in [-0.4, -0.2) is 40.0 Å². The summed E-state index contributed by atoms with van der Waals surface area (Å²) in [4.78, 5) is 22.5. The minimum absolute atomic E-state index is 0.0311. The van der Waals surface area contributed by atoms with Gasteiger partial charge in [0.1, 0.15) is 6.10 Å². The van der Waals surface area contributed by atoms with Crippen molar-refractivity contribution in [3.05, 3.63) is 52.8 Å². The molecular formula is C16H16BrN3O2. The summed E-state index contributed by atoms with van der Waals surface area (Å²) in [5, 5.41) is 0. The lowest BCUT2D eigenvalue weighted by atomic mass is 10.1. The van der Waals surface area contributed by atoms with E-state index < -0.39 is 0 Å². The summed E-state index contributed by atoms with van der Waals surface area (Å²) in [7, 11) is 0. The van der Waals surface area contributed by atoms with Gasteiger partial charge >= 0.3 is 6.01 Å². The maximum atomic E-state index is 12.6. The number of hydrogen-bond donors (Lipinski definition) is 0. The van der Waals surface area contributed by atoms with Crippen LogP contribution < -0.4 is 4.74 Å². The summed E-state index contributed by atoms with van der Waals surface area (Å²) in [6.45, 7) is 1.31. The summed E-state index contributed by atoms with van der Waals surface area (Å²) in [6, 6.07) is 9.56. The first-order chi connectivity index (χ1) is 10.7. The van der Waals surface area contributed by atoms with Crippen LogP contribution in [0.3, 0.4) is 0 Å². The molecule has 0 bridgehead atoms. The molecule has 5 nitrogen and oxygen atoms in total. The Labute approximate surface area is 137 Å². The number of aromatic nitrogens is 2. The number of likely N-dealkylation sites (tertiary alicyclic amines) is 1. The standard InChI is InChI=1S/C16H16BrN3O2/c17-13-5-1-4-12(10-13)15(21)20-9-2-6-14(11-20)22-16-18-7-3-8-19-16/h1,3-5,7-8,10,14H,2,6,9,11H2/t14-/m0/s1. The molecule has 1 aromatic carbocycles. The molecule has 0 spiro atoms. The largest absolute Gasteiger partial charge is 0.458 e. The topological polar surface area (TPSA) is 55.3 Å². The van der Waals surface area contributed by atoms with Crippen molar-refractivity contribution >= 4 is 21.8 Å². The highest BCUT2D eigenvalue weighted by Crippen LogP contribution is 2.19. The van der Waals surface area contributed by atoms with Gasteiger partial charge in [-0.15, -0.1) is 0 Å². The van der Waals surface area contributed by atoms with E-state index in [4.69, 9.17) is 4.74 Å². The van der Waals surface area contributed by atoms with Gasteiger partial charge in [0.15, 0.2) is 0 Å². The lowest BCUT2D eigenvalue weighted by molar-refractivity contribution is 0.0515. The summed E-state index contributed by atoms with van der Waals surface area (Å²) >= 11 is 3.40. The van der Waals surface area contributed by atoms with E-state index in [9.17, 15) is 4.79 Å². The molecule has 2 heterocycles. The van der Waals surface area contributed by atoms with Gasteiger partial charge in [0.25, 0.3) is 5.91 Å². The molecule has 1 aromatic heterocycles. The number of benzene rings is 1. The fraction of sp³-hybridized carbons (Fsp3) is 0.312. The summed E-state index contributed by atoms with van der Waals surface area (Å²) in [5.41, 5.74) is 0.686. The lowest BCUT2D eigenvalue weighted by Gasteiger charge is -2.32. The van der Waals surface area contributed by atoms with Crippen molar-refractivity contribution in [2.24, 2.45) is 0 Å². The first-order valence-corrected chi connectivity index (χ1v) is 8.00. The normalized spacial score (nSPS) is 18.0. The van der Waals surface area contributed by atoms with Crippen molar-refractivity contribution in [3.8, 4) is 6.01 Å². The van der Waals surface area contributed by atoms with Gasteiger partial charge < -0.3 is 9.64 Å². The minimum Gasteiger partial charge on any atom is -0.458 e. The zero-order valence-corrected chi connectivity index (χ0v) is 13.6. The van der Waals surface area contributed by atoms with E-state index in [1.54, 1.807) is 18.5 Å². The Balaban J connectivity index is 1.66. The number of carbonyl (C=O) groups is 1. The number of amides is 1. The zero-order chi connectivity index (χ0) is 15.4. The Bertz CT molecular complexity index is 651. The third-order valence-corrected chi connectivity index (χ3v) is 4.04. The highest BCUT2D eigenvalue weighted by Gasteiger charge is 2.26. The van der Waals surface area contributed by atoms with Crippen LogP contribution in [0.4, 0.5) is 0 Å². The van der Waals surface area contributed by atoms with Gasteiger partial charge in [-0.2, -0.15) is 0 Å². The van der Waals surface area contributed by atoms with Crippen molar-refractivity contribution in [2.75, 3.05) is 13.1 Å². The molecule has 0 aliphatic carbocycles. The SMILES string of the molecule is O=C(c1cccc(Br)c1)N1CCC[C@H](Oc2ncccn2)C1. The maximum Gasteiger partial charge on any atom is 0.316 e. The van der Waals surface area contributed by atoms with Gasteiger partial charge in [-0.1, -0.05) is 22.0 Å². The van der Waals surface area contributed by atoms with E-state index in [1.807, 2.05) is 29.2 Å². The smallest absolute Gasteiger partial charge is 0.316 e. The number of carbonyl (C=O) groups excluding carboxylic acids is 1. The van der Waals surface area contributed by atoms with Crippen LogP contribution in [0.25, 0.3) is 0 Å². The molecule has 0 radical (unpaired) electrons. The third kappa shape index (κ3) is 3.62. The Morgan fingerprint density at radius 2 is 2.09 bits per heavy atom. The monoisotopic (exact) mass is 361 g/mol. The van der Waals surface area contributed by atoms with Crippen molar-refractivity contribution in [1.82, 2.24) is 14.9 Å². The molecule has 3 rings (SSSR count). The van der Waals surface area contributed by atoms with Crippen LogP contribution in [0.5, 0.6) is 6.01 Å². The van der Waals surface area contributed by atoms with Crippen LogP contribution in [0.2, 0.25) is 0 Å². The second-order valence-electron chi connectivity index (χ2n) is 5.17. The van der Waals surface area contributed by atoms with Crippen LogP contribution in [0, 0.1) is 0 Å². The van der Waals surface area contributed by atoms with Crippen LogP contribution in [0.15, 0.2) is 47.2 Å². The quantitative estimate of drug-likeness (QED) is 0.843. The Kier molecular flexibility index (Phi) is 4.68. The second-order valence-corrected chi connectivity index (χ2v) is 6.09. The van der Waals surface area contributed by atoms with Gasteiger partial charge in [0.05, 0.1) is 6.54 Å². The molecule has 1 aliphatic heterocycles. The first kappa shape index (κ1) is 15.0. The first-order valence-electron chi connectivity index (χ1n) is 7.21. The summed E-state index contributed by atoms with van der Waals surface area (Å²) in [5.74, 6) is 0.0311. The second kappa shape index (κ2) is 6.87. The number of hydrogen-bond acceptors (Lipinski definition) is 4. The van der Waals surface area contributed by atoms with Crippen LogP contribution in [0.1, 0.15) is 23.2 Å². The van der Waals surface area contributed by atoms with Crippen molar-refractivity contribution in [3.63, 3.8) is 0 Å². The predicted molar refractivity (Wildman–Crippen MR) is 85.7 cm³/mol. The lowest BCUT2D eigenvalue weighted by Crippen LogP contribution is -2.44. The molecular weight excluding hydrogens is 346 g/mol. The van der Waals surface area contributed by atoms with Crippen molar-refractivity contribution in [1.29, 1.82) is 0 Å². The molecule has 0 unspecified atom stereocenters. The molecule has 1 saturated heterocycles. The molecule has 22 heavy (non-hydrogen) atoms. The summed E-state index contributed by atoms with van der Waals surface area (Å²) in [6.07, 6.45) is 5.05. The van der Waals surface area contributed by atoms with E-state index in [-0.39, 0.29) is 12.0 Å². The fourth-order valence-corrected chi connectivity index (χ4v) is 2.92. The van der Waals surface area contributed by atoms with E-state index in [0.717, 1.165) is 23.9 Å². The van der Waals surface area contributed by atoms with E-state index in [0.29, 0.717) is 18.1 Å². The number of rotatable bonds is 3. The molecule has 0 saturated carbocycles. The van der Waals surface area contributed by atoms with Gasteiger partial charge in [0.2, 0.25) is 0 Å². The zero-order valence-electron chi connectivity index (χ0n) is 12.0. The number of halogens is 1. The number of piperidine rings is 1.